The summed E-state index contributed by atoms with van der Waals surface area (Å²) in [6, 6.07) is 9.72. The minimum Gasteiger partial charge on any atom is -0.483 e. The fourth-order valence-corrected chi connectivity index (χ4v) is 1.83. The number of benzene rings is 1. The van der Waals surface area contributed by atoms with E-state index in [0.717, 1.165) is 0 Å². The fraction of sp³-hybridized carbons (Fsp3) is 0.250. The van der Waals surface area contributed by atoms with Crippen LogP contribution in [0.5, 0.6) is 5.75 Å². The van der Waals surface area contributed by atoms with Crippen LogP contribution >= 0.6 is 0 Å². The molecule has 0 aliphatic heterocycles. The number of hydrogen-bond acceptors (Lipinski definition) is 6. The third-order valence-corrected chi connectivity index (χ3v) is 3.00. The van der Waals surface area contributed by atoms with Crippen LogP contribution in [-0.4, -0.2) is 26.2 Å². The van der Waals surface area contributed by atoms with Gasteiger partial charge in [0.15, 0.2) is 6.10 Å². The van der Waals surface area contributed by atoms with Crippen LogP contribution < -0.4 is 4.74 Å². The van der Waals surface area contributed by atoms with Gasteiger partial charge >= 0.3 is 11.9 Å². The molecule has 22 heavy (non-hydrogen) atoms. The lowest BCUT2D eigenvalue weighted by Crippen LogP contribution is -2.04. The second-order valence-corrected chi connectivity index (χ2v) is 4.47. The Morgan fingerprint density at radius 2 is 1.59 bits per heavy atom. The lowest BCUT2D eigenvalue weighted by molar-refractivity contribution is 0.0557. The van der Waals surface area contributed by atoms with Crippen molar-refractivity contribution in [2.24, 2.45) is 0 Å². The van der Waals surface area contributed by atoms with Crippen molar-refractivity contribution in [1.29, 1.82) is 0 Å². The van der Waals surface area contributed by atoms with Crippen LogP contribution in [0, 0.1) is 0 Å². The Labute approximate surface area is 127 Å². The molecular weight excluding hydrogens is 288 g/mol. The van der Waals surface area contributed by atoms with E-state index in [-0.39, 0.29) is 5.76 Å². The Kier molecular flexibility index (Phi) is 4.83. The molecule has 2 rings (SSSR count). The molecular formula is C16H16O6. The highest BCUT2D eigenvalue weighted by molar-refractivity contribution is 5.89. The molecule has 0 spiro atoms. The molecule has 1 atom stereocenters. The molecule has 0 amide bonds. The summed E-state index contributed by atoms with van der Waals surface area (Å²) < 4.78 is 20.3. The van der Waals surface area contributed by atoms with Crippen molar-refractivity contribution in [2.45, 2.75) is 13.0 Å². The van der Waals surface area contributed by atoms with Gasteiger partial charge in [-0.05, 0) is 43.3 Å². The predicted molar refractivity (Wildman–Crippen MR) is 76.9 cm³/mol. The first-order chi connectivity index (χ1) is 10.5. The molecule has 0 radical (unpaired) electrons. The van der Waals surface area contributed by atoms with E-state index >= 15 is 0 Å². The maximum atomic E-state index is 11.3. The number of ether oxygens (including phenoxy) is 3. The number of carbonyl (C=O) groups excluding carboxylic acids is 2. The van der Waals surface area contributed by atoms with Gasteiger partial charge in [-0.3, -0.25) is 0 Å². The summed E-state index contributed by atoms with van der Waals surface area (Å²) in [6.45, 7) is 1.79. The largest absolute Gasteiger partial charge is 0.483 e. The molecule has 2 aromatic rings. The van der Waals surface area contributed by atoms with E-state index < -0.39 is 18.0 Å². The molecule has 0 aliphatic carbocycles. The summed E-state index contributed by atoms with van der Waals surface area (Å²) in [5, 5.41) is 0. The van der Waals surface area contributed by atoms with Gasteiger partial charge in [0.05, 0.1) is 19.8 Å². The first kappa shape index (κ1) is 15.6. The topological polar surface area (TPSA) is 75.0 Å². The fourth-order valence-electron chi connectivity index (χ4n) is 1.83. The first-order valence-corrected chi connectivity index (χ1v) is 6.58. The van der Waals surface area contributed by atoms with Crippen molar-refractivity contribution in [3.63, 3.8) is 0 Å². The van der Waals surface area contributed by atoms with E-state index in [9.17, 15) is 9.59 Å². The summed E-state index contributed by atoms with van der Waals surface area (Å²) >= 11 is 0. The second kappa shape index (κ2) is 6.80. The minimum absolute atomic E-state index is 0.119. The highest BCUT2D eigenvalue weighted by Gasteiger charge is 2.16. The third-order valence-electron chi connectivity index (χ3n) is 3.00. The summed E-state index contributed by atoms with van der Waals surface area (Å²) in [6.07, 6.45) is -0.401. The summed E-state index contributed by atoms with van der Waals surface area (Å²) in [5.74, 6) is 0.233. The zero-order chi connectivity index (χ0) is 16.1. The van der Waals surface area contributed by atoms with E-state index in [1.54, 1.807) is 37.3 Å². The van der Waals surface area contributed by atoms with Crippen LogP contribution in [0.1, 0.15) is 39.7 Å². The van der Waals surface area contributed by atoms with Crippen molar-refractivity contribution in [1.82, 2.24) is 0 Å². The number of esters is 2. The van der Waals surface area contributed by atoms with Crippen LogP contribution in [0.4, 0.5) is 0 Å². The van der Waals surface area contributed by atoms with E-state index in [0.29, 0.717) is 17.1 Å². The van der Waals surface area contributed by atoms with E-state index in [4.69, 9.17) is 9.15 Å². The normalized spacial score (nSPS) is 11.6. The van der Waals surface area contributed by atoms with Crippen molar-refractivity contribution in [3.05, 3.63) is 53.5 Å². The van der Waals surface area contributed by atoms with Gasteiger partial charge in [0.25, 0.3) is 0 Å². The predicted octanol–water partition coefficient (Wildman–Crippen LogP) is 2.99. The molecule has 0 unspecified atom stereocenters. The Balaban J connectivity index is 2.05. The first-order valence-electron chi connectivity index (χ1n) is 6.58. The molecule has 6 nitrogen and oxygen atoms in total. The quantitative estimate of drug-likeness (QED) is 0.790. The minimum atomic E-state index is -0.541. The smallest absolute Gasteiger partial charge is 0.373 e. The zero-order valence-corrected chi connectivity index (χ0v) is 12.5. The number of methoxy groups -OCH3 is 2. The van der Waals surface area contributed by atoms with Crippen LogP contribution in [0.25, 0.3) is 0 Å². The van der Waals surface area contributed by atoms with Gasteiger partial charge < -0.3 is 18.6 Å². The lowest BCUT2D eigenvalue weighted by Gasteiger charge is -2.12. The Hall–Kier alpha value is -2.76. The average molecular weight is 304 g/mol. The van der Waals surface area contributed by atoms with Crippen LogP contribution in [0.15, 0.2) is 40.8 Å². The van der Waals surface area contributed by atoms with Gasteiger partial charge in [0.1, 0.15) is 11.5 Å². The molecule has 0 saturated heterocycles. The van der Waals surface area contributed by atoms with Crippen molar-refractivity contribution >= 4 is 11.9 Å². The third kappa shape index (κ3) is 3.46. The Morgan fingerprint density at radius 3 is 2.18 bits per heavy atom. The number of carbonyl (C=O) groups is 2. The summed E-state index contributed by atoms with van der Waals surface area (Å²) in [7, 11) is 2.61. The molecule has 0 bridgehead atoms. The van der Waals surface area contributed by atoms with Crippen LogP contribution in [-0.2, 0) is 9.47 Å². The van der Waals surface area contributed by atoms with Crippen molar-refractivity contribution < 1.29 is 28.2 Å². The van der Waals surface area contributed by atoms with Gasteiger partial charge in [-0.15, -0.1) is 0 Å². The van der Waals surface area contributed by atoms with Crippen LogP contribution in [0.3, 0.4) is 0 Å². The van der Waals surface area contributed by atoms with E-state index in [1.807, 2.05) is 0 Å². The lowest BCUT2D eigenvalue weighted by atomic mass is 10.2. The van der Waals surface area contributed by atoms with E-state index in [2.05, 4.69) is 9.47 Å². The highest BCUT2D eigenvalue weighted by Crippen LogP contribution is 2.24. The van der Waals surface area contributed by atoms with Gasteiger partial charge in [0, 0.05) is 0 Å². The zero-order valence-electron chi connectivity index (χ0n) is 12.5. The molecule has 1 aromatic carbocycles. The standard InChI is InChI=1S/C16H16O6/c1-10(13-8-9-14(22-13)16(18)20-3)21-12-6-4-11(5-7-12)15(17)19-2/h4-10H,1-3H3/t10-/m0/s1. The molecule has 0 saturated carbocycles. The molecule has 1 aromatic heterocycles. The monoisotopic (exact) mass is 304 g/mol. The van der Waals surface area contributed by atoms with Crippen molar-refractivity contribution in [2.75, 3.05) is 14.2 Å². The van der Waals surface area contributed by atoms with Gasteiger partial charge in [0.2, 0.25) is 5.76 Å². The molecule has 0 fully saturated rings. The molecule has 0 aliphatic rings. The van der Waals surface area contributed by atoms with Gasteiger partial charge in [-0.25, -0.2) is 9.59 Å². The Bertz CT molecular complexity index is 656. The van der Waals surface area contributed by atoms with E-state index in [1.165, 1.54) is 20.3 Å². The average Bonchev–Trinajstić information content (AvgIpc) is 3.04. The van der Waals surface area contributed by atoms with Gasteiger partial charge in [-0.2, -0.15) is 0 Å². The second-order valence-electron chi connectivity index (χ2n) is 4.47. The van der Waals surface area contributed by atoms with Crippen molar-refractivity contribution in [3.8, 4) is 5.75 Å². The highest BCUT2D eigenvalue weighted by atomic mass is 16.5. The number of hydrogen-bond donors (Lipinski definition) is 0. The molecule has 116 valence electrons. The molecule has 1 heterocycles. The van der Waals surface area contributed by atoms with Gasteiger partial charge in [-0.1, -0.05) is 0 Å². The van der Waals surface area contributed by atoms with Crippen LogP contribution in [0.2, 0.25) is 0 Å². The SMILES string of the molecule is COC(=O)c1ccc(O[C@@H](C)c2ccc(C(=O)OC)o2)cc1. The number of furan rings is 1. The number of rotatable bonds is 5. The summed E-state index contributed by atoms with van der Waals surface area (Å²) in [5.41, 5.74) is 0.438. The Morgan fingerprint density at radius 1 is 0.955 bits per heavy atom. The molecule has 6 heteroatoms. The summed E-state index contributed by atoms with van der Waals surface area (Å²) in [4.78, 5) is 22.7. The maximum Gasteiger partial charge on any atom is 0.373 e. The molecule has 0 N–H and O–H groups in total. The maximum absolute atomic E-state index is 11.3.